The molecule has 0 radical (unpaired) electrons. The van der Waals surface area contributed by atoms with Gasteiger partial charge in [0.25, 0.3) is 0 Å². The van der Waals surface area contributed by atoms with Gasteiger partial charge >= 0.3 is 0 Å². The van der Waals surface area contributed by atoms with Crippen LogP contribution >= 0.6 is 0 Å². The molecule has 1 aliphatic heterocycles. The summed E-state index contributed by atoms with van der Waals surface area (Å²) in [6, 6.07) is 16.5. The Balaban J connectivity index is 1.97. The van der Waals surface area contributed by atoms with E-state index >= 15 is 0 Å². The number of fused-ring (bicyclic) bond motifs is 1. The van der Waals surface area contributed by atoms with Gasteiger partial charge in [-0.3, -0.25) is 0 Å². The van der Waals surface area contributed by atoms with Crippen LogP contribution in [-0.4, -0.2) is 25.2 Å². The fourth-order valence-electron chi connectivity index (χ4n) is 2.74. The van der Waals surface area contributed by atoms with Gasteiger partial charge < -0.3 is 10.2 Å². The molecule has 2 nitrogen and oxygen atoms in total. The maximum Gasteiger partial charge on any atom is 0.0387 e. The van der Waals surface area contributed by atoms with Crippen LogP contribution < -0.4 is 10.2 Å². The van der Waals surface area contributed by atoms with Crippen molar-refractivity contribution in [1.29, 1.82) is 0 Å². The van der Waals surface area contributed by atoms with E-state index in [-0.39, 0.29) is 0 Å². The minimum absolute atomic E-state index is 0.558. The third-order valence-corrected chi connectivity index (χ3v) is 3.83. The average molecular weight is 240 g/mol. The molecular formula is C16H20N2. The number of nitrogens with one attached hydrogen (secondary N) is 1. The number of benzene rings is 2. The van der Waals surface area contributed by atoms with Crippen LogP contribution in [0.1, 0.15) is 13.8 Å². The predicted molar refractivity (Wildman–Crippen MR) is 78.2 cm³/mol. The second kappa shape index (κ2) is 4.62. The largest absolute Gasteiger partial charge is 0.366 e. The van der Waals surface area contributed by atoms with E-state index in [2.05, 4.69) is 66.5 Å². The molecule has 1 heterocycles. The van der Waals surface area contributed by atoms with Crippen LogP contribution in [0.5, 0.6) is 0 Å². The molecule has 0 spiro atoms. The molecule has 0 aromatic heterocycles. The molecule has 18 heavy (non-hydrogen) atoms. The molecule has 2 aromatic carbocycles. The van der Waals surface area contributed by atoms with Crippen LogP contribution in [-0.2, 0) is 0 Å². The van der Waals surface area contributed by atoms with Crippen molar-refractivity contribution in [2.24, 2.45) is 0 Å². The SMILES string of the molecule is C[C@@H]1CN[C@@H](C)CN1c1ccc2ccccc2c1. The molecule has 0 unspecified atom stereocenters. The Morgan fingerprint density at radius 3 is 2.67 bits per heavy atom. The number of anilines is 1. The van der Waals surface area contributed by atoms with Crippen molar-refractivity contribution >= 4 is 16.5 Å². The van der Waals surface area contributed by atoms with Gasteiger partial charge in [-0.2, -0.15) is 0 Å². The number of hydrogen-bond donors (Lipinski definition) is 1. The van der Waals surface area contributed by atoms with Crippen molar-refractivity contribution in [3.8, 4) is 0 Å². The summed E-state index contributed by atoms with van der Waals surface area (Å²) in [4.78, 5) is 2.51. The van der Waals surface area contributed by atoms with E-state index in [9.17, 15) is 0 Å². The Morgan fingerprint density at radius 2 is 1.83 bits per heavy atom. The van der Waals surface area contributed by atoms with Gasteiger partial charge in [-0.05, 0) is 36.8 Å². The summed E-state index contributed by atoms with van der Waals surface area (Å²) in [5.41, 5.74) is 1.34. The summed E-state index contributed by atoms with van der Waals surface area (Å²) in [5, 5.41) is 6.17. The van der Waals surface area contributed by atoms with Crippen LogP contribution in [0.2, 0.25) is 0 Å². The summed E-state index contributed by atoms with van der Waals surface area (Å²) >= 11 is 0. The summed E-state index contributed by atoms with van der Waals surface area (Å²) in [7, 11) is 0. The van der Waals surface area contributed by atoms with Crippen molar-refractivity contribution in [1.82, 2.24) is 5.32 Å². The van der Waals surface area contributed by atoms with Gasteiger partial charge in [-0.15, -0.1) is 0 Å². The monoisotopic (exact) mass is 240 g/mol. The van der Waals surface area contributed by atoms with Gasteiger partial charge in [0, 0.05) is 30.9 Å². The lowest BCUT2D eigenvalue weighted by Crippen LogP contribution is -2.54. The van der Waals surface area contributed by atoms with Gasteiger partial charge in [-0.25, -0.2) is 0 Å². The molecule has 1 aliphatic rings. The summed E-state index contributed by atoms with van der Waals surface area (Å²) in [6.07, 6.45) is 0. The lowest BCUT2D eigenvalue weighted by atomic mass is 10.1. The summed E-state index contributed by atoms with van der Waals surface area (Å²) in [6.45, 7) is 6.68. The first-order valence-electron chi connectivity index (χ1n) is 6.73. The second-order valence-corrected chi connectivity index (χ2v) is 5.34. The van der Waals surface area contributed by atoms with Gasteiger partial charge in [0.1, 0.15) is 0 Å². The van der Waals surface area contributed by atoms with E-state index in [1.807, 2.05) is 0 Å². The van der Waals surface area contributed by atoms with Gasteiger partial charge in [0.15, 0.2) is 0 Å². The quantitative estimate of drug-likeness (QED) is 0.824. The molecule has 0 bridgehead atoms. The first-order valence-corrected chi connectivity index (χ1v) is 6.73. The Labute approximate surface area is 109 Å². The molecule has 1 N–H and O–H groups in total. The van der Waals surface area contributed by atoms with Crippen molar-refractivity contribution in [2.45, 2.75) is 25.9 Å². The first kappa shape index (κ1) is 11.5. The Hall–Kier alpha value is -1.54. The lowest BCUT2D eigenvalue weighted by molar-refractivity contribution is 0.425. The smallest absolute Gasteiger partial charge is 0.0387 e. The van der Waals surface area contributed by atoms with Crippen molar-refractivity contribution in [2.75, 3.05) is 18.0 Å². The normalized spacial score (nSPS) is 24.4. The molecule has 1 fully saturated rings. The predicted octanol–water partition coefficient (Wildman–Crippen LogP) is 3.03. The van der Waals surface area contributed by atoms with Crippen molar-refractivity contribution < 1.29 is 0 Å². The van der Waals surface area contributed by atoms with Crippen LogP contribution in [0.4, 0.5) is 5.69 Å². The van der Waals surface area contributed by atoms with E-state index in [1.54, 1.807) is 0 Å². The zero-order valence-electron chi connectivity index (χ0n) is 11.1. The van der Waals surface area contributed by atoms with Crippen molar-refractivity contribution in [3.63, 3.8) is 0 Å². The topological polar surface area (TPSA) is 15.3 Å². The highest BCUT2D eigenvalue weighted by Gasteiger charge is 2.22. The number of hydrogen-bond acceptors (Lipinski definition) is 2. The highest BCUT2D eigenvalue weighted by Crippen LogP contribution is 2.24. The molecule has 2 aromatic rings. The van der Waals surface area contributed by atoms with E-state index in [0.29, 0.717) is 12.1 Å². The zero-order chi connectivity index (χ0) is 12.5. The van der Waals surface area contributed by atoms with E-state index in [1.165, 1.54) is 16.5 Å². The lowest BCUT2D eigenvalue weighted by Gasteiger charge is -2.39. The minimum atomic E-state index is 0.558. The third-order valence-electron chi connectivity index (χ3n) is 3.83. The first-order chi connectivity index (χ1) is 8.74. The van der Waals surface area contributed by atoms with Crippen LogP contribution in [0, 0.1) is 0 Å². The highest BCUT2D eigenvalue weighted by atomic mass is 15.2. The molecule has 0 aliphatic carbocycles. The van der Waals surface area contributed by atoms with Gasteiger partial charge in [0.2, 0.25) is 0 Å². The standard InChI is InChI=1S/C16H20N2/c1-12-11-18(13(2)10-17-12)16-8-7-14-5-3-4-6-15(14)9-16/h3-9,12-13,17H,10-11H2,1-2H3/t12-,13+/m0/s1. The average Bonchev–Trinajstić information content (AvgIpc) is 2.41. The molecule has 2 atom stereocenters. The number of rotatable bonds is 1. The molecule has 3 rings (SSSR count). The molecule has 94 valence electrons. The van der Waals surface area contributed by atoms with Gasteiger partial charge in [-0.1, -0.05) is 30.3 Å². The van der Waals surface area contributed by atoms with Crippen LogP contribution in [0.15, 0.2) is 42.5 Å². The Bertz CT molecular complexity index is 550. The van der Waals surface area contributed by atoms with Crippen molar-refractivity contribution in [3.05, 3.63) is 42.5 Å². The minimum Gasteiger partial charge on any atom is -0.366 e. The fraction of sp³-hybridized carbons (Fsp3) is 0.375. The molecule has 0 saturated carbocycles. The molecule has 0 amide bonds. The number of piperazine rings is 1. The van der Waals surface area contributed by atoms with E-state index in [4.69, 9.17) is 0 Å². The van der Waals surface area contributed by atoms with Gasteiger partial charge in [0.05, 0.1) is 0 Å². The highest BCUT2D eigenvalue weighted by molar-refractivity contribution is 5.85. The zero-order valence-corrected chi connectivity index (χ0v) is 11.1. The maximum atomic E-state index is 3.53. The Morgan fingerprint density at radius 1 is 1.06 bits per heavy atom. The molecule has 1 saturated heterocycles. The third kappa shape index (κ3) is 2.08. The van der Waals surface area contributed by atoms with E-state index < -0.39 is 0 Å². The molecule has 2 heteroatoms. The van der Waals surface area contributed by atoms with E-state index in [0.717, 1.165) is 13.1 Å². The van der Waals surface area contributed by atoms with Crippen LogP contribution in [0.25, 0.3) is 10.8 Å². The maximum absolute atomic E-state index is 3.53. The summed E-state index contributed by atoms with van der Waals surface area (Å²) in [5.74, 6) is 0. The summed E-state index contributed by atoms with van der Waals surface area (Å²) < 4.78 is 0. The number of nitrogens with zero attached hydrogens (tertiary/aromatic N) is 1. The van der Waals surface area contributed by atoms with Crippen LogP contribution in [0.3, 0.4) is 0 Å². The molecular weight excluding hydrogens is 220 g/mol. The second-order valence-electron chi connectivity index (χ2n) is 5.34. The Kier molecular flexibility index (Phi) is 2.96. The fourth-order valence-corrected chi connectivity index (χ4v) is 2.74.